The van der Waals surface area contributed by atoms with Gasteiger partial charge in [0.15, 0.2) is 5.78 Å². The van der Waals surface area contributed by atoms with Crippen molar-refractivity contribution in [3.63, 3.8) is 0 Å². The van der Waals surface area contributed by atoms with Crippen LogP contribution in [0.1, 0.15) is 30.5 Å². The summed E-state index contributed by atoms with van der Waals surface area (Å²) in [6.07, 6.45) is -0.0194. The van der Waals surface area contributed by atoms with Crippen molar-refractivity contribution in [3.05, 3.63) is 110 Å². The molecule has 0 saturated heterocycles. The zero-order valence-corrected chi connectivity index (χ0v) is 20.8. The van der Waals surface area contributed by atoms with Crippen LogP contribution >= 0.6 is 34.3 Å². The Bertz CT molecular complexity index is 1520. The number of ether oxygens (including phenoxy) is 1. The lowest BCUT2D eigenvalue weighted by Crippen LogP contribution is -2.08. The third-order valence-electron chi connectivity index (χ3n) is 5.59. The summed E-state index contributed by atoms with van der Waals surface area (Å²) in [5.41, 5.74) is 2.48. The molecule has 4 nitrogen and oxygen atoms in total. The molecule has 0 unspecified atom stereocenters. The van der Waals surface area contributed by atoms with E-state index in [1.54, 1.807) is 29.6 Å². The molecular formula is C28H19ClO4S2. The summed E-state index contributed by atoms with van der Waals surface area (Å²) in [6.45, 7) is 0.335. The molecule has 35 heavy (non-hydrogen) atoms. The van der Waals surface area contributed by atoms with Crippen LogP contribution in [0.2, 0.25) is 5.02 Å². The maximum atomic E-state index is 13.5. The quantitative estimate of drug-likeness (QED) is 0.211. The van der Waals surface area contributed by atoms with E-state index >= 15 is 0 Å². The van der Waals surface area contributed by atoms with Crippen LogP contribution in [0.5, 0.6) is 5.75 Å². The van der Waals surface area contributed by atoms with E-state index in [0.29, 0.717) is 32.7 Å². The van der Waals surface area contributed by atoms with Crippen molar-refractivity contribution in [1.82, 2.24) is 0 Å². The summed E-state index contributed by atoms with van der Waals surface area (Å²) in [4.78, 5) is 26.7. The predicted octanol–water partition coefficient (Wildman–Crippen LogP) is 7.99. The molecule has 0 bridgehead atoms. The first kappa shape index (κ1) is 23.3. The molecule has 0 aliphatic rings. The van der Waals surface area contributed by atoms with Gasteiger partial charge in [0, 0.05) is 32.0 Å². The highest BCUT2D eigenvalue weighted by Gasteiger charge is 2.25. The Hall–Kier alpha value is -3.45. The third kappa shape index (κ3) is 4.86. The molecule has 2 heterocycles. The number of carboxylic acids is 1. The molecule has 0 amide bonds. The van der Waals surface area contributed by atoms with Crippen molar-refractivity contribution >= 4 is 56.1 Å². The van der Waals surface area contributed by atoms with E-state index in [4.69, 9.17) is 16.3 Å². The molecule has 2 aromatic heterocycles. The zero-order valence-electron chi connectivity index (χ0n) is 18.4. The lowest BCUT2D eigenvalue weighted by Gasteiger charge is -2.08. The number of rotatable bonds is 8. The van der Waals surface area contributed by atoms with Crippen molar-refractivity contribution in [1.29, 1.82) is 0 Å². The van der Waals surface area contributed by atoms with E-state index in [1.807, 2.05) is 54.6 Å². The number of halogens is 1. The van der Waals surface area contributed by atoms with Crippen molar-refractivity contribution in [2.24, 2.45) is 0 Å². The van der Waals surface area contributed by atoms with Gasteiger partial charge in [0.1, 0.15) is 17.2 Å². The lowest BCUT2D eigenvalue weighted by molar-refractivity contribution is 0.0697. The molecule has 5 aromatic rings. The number of ketones is 1. The van der Waals surface area contributed by atoms with E-state index in [1.165, 1.54) is 22.7 Å². The Morgan fingerprint density at radius 3 is 2.37 bits per heavy atom. The van der Waals surface area contributed by atoms with Gasteiger partial charge in [0.2, 0.25) is 0 Å². The smallest absolute Gasteiger partial charge is 0.337 e. The van der Waals surface area contributed by atoms with E-state index < -0.39 is 5.97 Å². The second-order valence-corrected chi connectivity index (χ2v) is 10.3. The average Bonchev–Trinajstić information content (AvgIpc) is 3.45. The second-order valence-electron chi connectivity index (χ2n) is 7.89. The van der Waals surface area contributed by atoms with Gasteiger partial charge in [0.25, 0.3) is 0 Å². The van der Waals surface area contributed by atoms with Gasteiger partial charge < -0.3 is 9.84 Å². The fourth-order valence-corrected chi connectivity index (χ4v) is 6.16. The standard InChI is InChI=1S/C28H19ClO4S2/c29-19-12-10-18(11-13-19)21-16-34-24(25(21)28(31)32)14-22(30)27-26(20-8-4-5-9-23(20)35-27)33-15-17-6-2-1-3-7-17/h1-13,16H,14-15H2,(H,31,32). The molecule has 5 rings (SSSR count). The highest BCUT2D eigenvalue weighted by Crippen LogP contribution is 2.40. The summed E-state index contributed by atoms with van der Waals surface area (Å²) in [5.74, 6) is -0.678. The number of hydrogen-bond donors (Lipinski definition) is 1. The highest BCUT2D eigenvalue weighted by molar-refractivity contribution is 7.21. The minimum Gasteiger partial charge on any atom is -0.487 e. The first-order valence-corrected chi connectivity index (χ1v) is 12.9. The van der Waals surface area contributed by atoms with Gasteiger partial charge in [0.05, 0.1) is 5.56 Å². The number of benzene rings is 3. The molecule has 174 valence electrons. The van der Waals surface area contributed by atoms with Gasteiger partial charge in [-0.15, -0.1) is 22.7 Å². The molecule has 0 saturated carbocycles. The van der Waals surface area contributed by atoms with Crippen LogP contribution in [0, 0.1) is 0 Å². The molecule has 0 fully saturated rings. The van der Waals surface area contributed by atoms with Crippen molar-refractivity contribution in [2.45, 2.75) is 13.0 Å². The fourth-order valence-electron chi connectivity index (χ4n) is 3.91. The normalized spacial score (nSPS) is 11.0. The number of carbonyl (C=O) groups excluding carboxylic acids is 1. The van der Waals surface area contributed by atoms with Crippen LogP contribution in [0.25, 0.3) is 21.2 Å². The highest BCUT2D eigenvalue weighted by atomic mass is 35.5. The SMILES string of the molecule is O=C(Cc1scc(-c2ccc(Cl)cc2)c1C(=O)O)c1sc2ccccc2c1OCc1ccccc1. The Balaban J connectivity index is 1.48. The maximum absolute atomic E-state index is 13.5. The van der Waals surface area contributed by atoms with E-state index in [9.17, 15) is 14.7 Å². The van der Waals surface area contributed by atoms with Gasteiger partial charge in [-0.25, -0.2) is 4.79 Å². The van der Waals surface area contributed by atoms with Crippen LogP contribution < -0.4 is 4.74 Å². The average molecular weight is 519 g/mol. The number of Topliss-reactive ketones (excluding diaryl/α,β-unsaturated/α-hetero) is 1. The number of carbonyl (C=O) groups is 2. The molecule has 0 atom stereocenters. The van der Waals surface area contributed by atoms with Crippen molar-refractivity contribution in [3.8, 4) is 16.9 Å². The molecular weight excluding hydrogens is 500 g/mol. The predicted molar refractivity (Wildman–Crippen MR) is 142 cm³/mol. The lowest BCUT2D eigenvalue weighted by atomic mass is 10.0. The first-order chi connectivity index (χ1) is 17.0. The summed E-state index contributed by atoms with van der Waals surface area (Å²) in [7, 11) is 0. The van der Waals surface area contributed by atoms with Crippen LogP contribution in [0.15, 0.2) is 84.2 Å². The van der Waals surface area contributed by atoms with E-state index in [0.717, 1.165) is 21.2 Å². The summed E-state index contributed by atoms with van der Waals surface area (Å²) < 4.78 is 7.11. The molecule has 3 aromatic carbocycles. The Kier molecular flexibility index (Phi) is 6.68. The molecule has 0 radical (unpaired) electrons. The third-order valence-corrected chi connectivity index (χ3v) is 8.02. The minimum absolute atomic E-state index is 0.0194. The summed E-state index contributed by atoms with van der Waals surface area (Å²) in [5, 5.41) is 13.2. The molecule has 0 spiro atoms. The van der Waals surface area contributed by atoms with Crippen LogP contribution in [-0.2, 0) is 13.0 Å². The van der Waals surface area contributed by atoms with Crippen molar-refractivity contribution in [2.75, 3.05) is 0 Å². The topological polar surface area (TPSA) is 63.6 Å². The maximum Gasteiger partial charge on any atom is 0.337 e. The number of hydrogen-bond acceptors (Lipinski definition) is 5. The Labute approximate surface area is 215 Å². The zero-order chi connectivity index (χ0) is 24.4. The van der Waals surface area contributed by atoms with Crippen molar-refractivity contribution < 1.29 is 19.4 Å². The molecule has 0 aliphatic carbocycles. The van der Waals surface area contributed by atoms with Crippen LogP contribution in [0.3, 0.4) is 0 Å². The molecule has 7 heteroatoms. The first-order valence-electron chi connectivity index (χ1n) is 10.8. The fraction of sp³-hybridized carbons (Fsp3) is 0.0714. The van der Waals surface area contributed by atoms with Gasteiger partial charge in [-0.2, -0.15) is 0 Å². The minimum atomic E-state index is -1.06. The largest absolute Gasteiger partial charge is 0.487 e. The van der Waals surface area contributed by atoms with Crippen LogP contribution in [0.4, 0.5) is 0 Å². The monoisotopic (exact) mass is 518 g/mol. The molecule has 0 aliphatic heterocycles. The van der Waals surface area contributed by atoms with Gasteiger partial charge in [-0.1, -0.05) is 66.2 Å². The Morgan fingerprint density at radius 2 is 1.63 bits per heavy atom. The number of fused-ring (bicyclic) bond motifs is 1. The number of aromatic carboxylic acids is 1. The van der Waals surface area contributed by atoms with E-state index in [2.05, 4.69) is 0 Å². The van der Waals surface area contributed by atoms with Crippen LogP contribution in [-0.4, -0.2) is 16.9 Å². The number of carboxylic acid groups (broad SMARTS) is 1. The summed E-state index contributed by atoms with van der Waals surface area (Å²) in [6, 6.07) is 24.5. The van der Waals surface area contributed by atoms with Gasteiger partial charge >= 0.3 is 5.97 Å². The number of thiophene rings is 2. The van der Waals surface area contributed by atoms with Gasteiger partial charge in [-0.05, 0) is 40.8 Å². The summed E-state index contributed by atoms with van der Waals surface area (Å²) >= 11 is 8.64. The second kappa shape index (κ2) is 10.0. The van der Waals surface area contributed by atoms with Gasteiger partial charge in [-0.3, -0.25) is 4.79 Å². The Morgan fingerprint density at radius 1 is 0.914 bits per heavy atom. The molecule has 1 N–H and O–H groups in total. The van der Waals surface area contributed by atoms with E-state index in [-0.39, 0.29) is 17.8 Å².